The molecule has 1 unspecified atom stereocenters. The lowest BCUT2D eigenvalue weighted by atomic mass is 9.74. The third-order valence-electron chi connectivity index (χ3n) is 5.09. The van der Waals surface area contributed by atoms with Crippen molar-refractivity contribution in [2.24, 2.45) is 5.41 Å². The second kappa shape index (κ2) is 13.4. The molecule has 0 aromatic heterocycles. The second-order valence-electron chi connectivity index (χ2n) is 9.10. The molecule has 1 rings (SSSR count). The van der Waals surface area contributed by atoms with E-state index in [-0.39, 0.29) is 26.2 Å². The zero-order valence-electron chi connectivity index (χ0n) is 22.0. The number of ether oxygens (including phenoxy) is 4. The molecule has 0 saturated carbocycles. The van der Waals surface area contributed by atoms with Gasteiger partial charge in [-0.25, -0.2) is 13.6 Å². The number of hydrogen-bond donors (Lipinski definition) is 0. The van der Waals surface area contributed by atoms with E-state index in [1.807, 2.05) is 6.92 Å². The molecule has 8 nitrogen and oxygen atoms in total. The number of halogens is 2. The Morgan fingerprint density at radius 3 is 1.78 bits per heavy atom. The van der Waals surface area contributed by atoms with Gasteiger partial charge >= 0.3 is 17.9 Å². The topological polar surface area (TPSA) is 105 Å². The van der Waals surface area contributed by atoms with E-state index in [9.17, 15) is 19.2 Å². The first-order chi connectivity index (χ1) is 16.8. The van der Waals surface area contributed by atoms with Crippen molar-refractivity contribution in [1.82, 2.24) is 0 Å². The number of carbonyl (C=O) groups excluding carboxylic acids is 4. The molecule has 0 amide bonds. The maximum absolute atomic E-state index is 15.2. The van der Waals surface area contributed by atoms with Gasteiger partial charge in [0.25, 0.3) is 0 Å². The van der Waals surface area contributed by atoms with Crippen molar-refractivity contribution in [2.75, 3.05) is 19.8 Å². The summed E-state index contributed by atoms with van der Waals surface area (Å²) < 4.78 is 51.3. The van der Waals surface area contributed by atoms with E-state index in [1.54, 1.807) is 27.7 Å². The van der Waals surface area contributed by atoms with E-state index in [1.165, 1.54) is 13.8 Å². The zero-order chi connectivity index (χ0) is 27.7. The minimum atomic E-state index is -2.73. The quantitative estimate of drug-likeness (QED) is 0.160. The molecule has 0 bridgehead atoms. The van der Waals surface area contributed by atoms with E-state index >= 15 is 8.78 Å². The predicted octanol–water partition coefficient (Wildman–Crippen LogP) is 4.81. The maximum atomic E-state index is 15.2. The molecular weight excluding hydrogens is 478 g/mol. The monoisotopic (exact) mass is 514 g/mol. The smallest absolute Gasteiger partial charge is 0.338 e. The number of hydrogen-bond acceptors (Lipinski definition) is 8. The Morgan fingerprint density at radius 2 is 1.39 bits per heavy atom. The molecule has 0 aliphatic heterocycles. The normalized spacial score (nSPS) is 12.6. The Morgan fingerprint density at radius 1 is 0.889 bits per heavy atom. The van der Waals surface area contributed by atoms with E-state index in [0.29, 0.717) is 18.6 Å². The maximum Gasteiger partial charge on any atom is 0.338 e. The number of carbonyl (C=O) groups is 4. The van der Waals surface area contributed by atoms with Gasteiger partial charge in [-0.1, -0.05) is 13.8 Å². The van der Waals surface area contributed by atoms with Gasteiger partial charge in [-0.3, -0.25) is 14.4 Å². The Labute approximate surface area is 210 Å². The lowest BCUT2D eigenvalue weighted by Crippen LogP contribution is -2.51. The van der Waals surface area contributed by atoms with Gasteiger partial charge < -0.3 is 18.9 Å². The van der Waals surface area contributed by atoms with Crippen LogP contribution in [-0.2, 0) is 28.5 Å². The van der Waals surface area contributed by atoms with E-state index in [4.69, 9.17) is 18.9 Å². The Balaban J connectivity index is 3.73. The minimum Gasteiger partial charge on any atom is -0.465 e. The molecule has 10 heteroatoms. The number of esters is 3. The zero-order valence-corrected chi connectivity index (χ0v) is 22.0. The first-order valence-corrected chi connectivity index (χ1v) is 12.0. The van der Waals surface area contributed by atoms with E-state index in [0.717, 1.165) is 0 Å². The molecule has 0 aliphatic rings. The van der Waals surface area contributed by atoms with Crippen LogP contribution in [0.15, 0.2) is 12.1 Å². The van der Waals surface area contributed by atoms with E-state index in [2.05, 4.69) is 0 Å². The van der Waals surface area contributed by atoms with Crippen LogP contribution in [0.1, 0.15) is 88.4 Å². The van der Waals surface area contributed by atoms with Crippen LogP contribution in [0.4, 0.5) is 8.78 Å². The largest absolute Gasteiger partial charge is 0.465 e. The second-order valence-corrected chi connectivity index (χ2v) is 9.10. The minimum absolute atomic E-state index is 0.206. The summed E-state index contributed by atoms with van der Waals surface area (Å²) in [5.41, 5.74) is -5.31. The van der Waals surface area contributed by atoms with Gasteiger partial charge in [0, 0.05) is 13.0 Å². The van der Waals surface area contributed by atoms with Crippen molar-refractivity contribution < 1.29 is 46.9 Å². The number of ketones is 1. The number of rotatable bonds is 13. The molecule has 0 N–H and O–H groups in total. The van der Waals surface area contributed by atoms with Gasteiger partial charge in [0.2, 0.25) is 5.41 Å². The third kappa shape index (κ3) is 7.56. The Kier molecular flexibility index (Phi) is 11.6. The average Bonchev–Trinajstić information content (AvgIpc) is 2.78. The molecule has 1 aromatic rings. The van der Waals surface area contributed by atoms with Crippen LogP contribution in [0, 0.1) is 17.0 Å². The van der Waals surface area contributed by atoms with Gasteiger partial charge in [0.05, 0.1) is 30.4 Å². The van der Waals surface area contributed by atoms with Gasteiger partial charge in [-0.15, -0.1) is 0 Å². The van der Waals surface area contributed by atoms with Gasteiger partial charge in [-0.05, 0) is 59.6 Å². The summed E-state index contributed by atoms with van der Waals surface area (Å²) in [4.78, 5) is 52.3. The summed E-state index contributed by atoms with van der Waals surface area (Å²) in [6, 6.07) is 1.24. The van der Waals surface area contributed by atoms with Crippen molar-refractivity contribution >= 4 is 23.7 Å². The molecule has 1 atom stereocenters. The molecule has 1 aromatic carbocycles. The van der Waals surface area contributed by atoms with Crippen LogP contribution in [0.25, 0.3) is 0 Å². The summed E-state index contributed by atoms with van der Waals surface area (Å²) in [7, 11) is 0. The molecule has 0 fully saturated rings. The first-order valence-electron chi connectivity index (χ1n) is 12.0. The fraction of sp³-hybridized carbons (Fsp3) is 0.615. The summed E-state index contributed by atoms with van der Waals surface area (Å²) in [5.74, 6) is -7.99. The highest BCUT2D eigenvalue weighted by atomic mass is 19.1. The highest BCUT2D eigenvalue weighted by molar-refractivity contribution is 6.25. The third-order valence-corrected chi connectivity index (χ3v) is 5.09. The Hall–Kier alpha value is -2.88. The fourth-order valence-electron chi connectivity index (χ4n) is 3.44. The van der Waals surface area contributed by atoms with Crippen molar-refractivity contribution in [2.45, 2.75) is 79.4 Å². The van der Waals surface area contributed by atoms with Crippen LogP contribution < -0.4 is 0 Å². The summed E-state index contributed by atoms with van der Waals surface area (Å²) in [6.07, 6.45) is -0.441. The van der Waals surface area contributed by atoms with Crippen LogP contribution in [0.2, 0.25) is 0 Å². The standard InChI is InChI=1S/C26H36F2O8/c1-8-12-35-17(9-2)15-26(23(31)33-10-3,24(32)34-11-4)21(29)20-18(27)13-16(14-19(20)28)22(30)36-25(5,6)7/h13-14,17H,8-12,15H2,1-7H3. The van der Waals surface area contributed by atoms with Crippen molar-refractivity contribution in [3.05, 3.63) is 34.9 Å². The molecule has 0 saturated heterocycles. The average molecular weight is 515 g/mol. The summed E-state index contributed by atoms with van der Waals surface area (Å²) in [5, 5.41) is 0. The molecule has 202 valence electrons. The van der Waals surface area contributed by atoms with E-state index < -0.39 is 70.0 Å². The van der Waals surface area contributed by atoms with Crippen LogP contribution in [0.3, 0.4) is 0 Å². The molecule has 0 aliphatic carbocycles. The van der Waals surface area contributed by atoms with Gasteiger partial charge in [0.1, 0.15) is 17.2 Å². The first kappa shape index (κ1) is 31.2. The molecule has 0 spiro atoms. The summed E-state index contributed by atoms with van der Waals surface area (Å²) in [6.45, 7) is 11.1. The number of benzene rings is 1. The summed E-state index contributed by atoms with van der Waals surface area (Å²) >= 11 is 0. The van der Waals surface area contributed by atoms with Crippen LogP contribution in [-0.4, -0.2) is 55.2 Å². The lowest BCUT2D eigenvalue weighted by molar-refractivity contribution is -0.170. The SMILES string of the molecule is CCCOC(CC)CC(C(=O)OCC)(C(=O)OCC)C(=O)c1c(F)cc(C(=O)OC(C)(C)C)cc1F. The predicted molar refractivity (Wildman–Crippen MR) is 126 cm³/mol. The van der Waals surface area contributed by atoms with Crippen molar-refractivity contribution in [3.63, 3.8) is 0 Å². The molecule has 36 heavy (non-hydrogen) atoms. The van der Waals surface area contributed by atoms with Crippen molar-refractivity contribution in [3.8, 4) is 0 Å². The highest BCUT2D eigenvalue weighted by Gasteiger charge is 2.58. The van der Waals surface area contributed by atoms with Crippen molar-refractivity contribution in [1.29, 1.82) is 0 Å². The Bertz CT molecular complexity index is 911. The van der Waals surface area contributed by atoms with Crippen LogP contribution >= 0.6 is 0 Å². The molecule has 0 radical (unpaired) electrons. The molecule has 0 heterocycles. The van der Waals surface area contributed by atoms with Gasteiger partial charge in [0.15, 0.2) is 5.78 Å². The highest BCUT2D eigenvalue weighted by Crippen LogP contribution is 2.36. The lowest BCUT2D eigenvalue weighted by Gasteiger charge is -2.31. The molecular formula is C26H36F2O8. The van der Waals surface area contributed by atoms with Gasteiger partial charge in [-0.2, -0.15) is 0 Å². The number of Topliss-reactive ketones (excluding diaryl/α,β-unsaturated/α-hetero) is 1. The van der Waals surface area contributed by atoms with Crippen LogP contribution in [0.5, 0.6) is 0 Å². The fourth-order valence-corrected chi connectivity index (χ4v) is 3.44.